The minimum absolute atomic E-state index is 0.851. The van der Waals surface area contributed by atoms with Gasteiger partial charge in [0.05, 0.1) is 3.79 Å². The molecule has 0 aliphatic heterocycles. The molecule has 3 rings (SSSR count). The molecule has 0 saturated heterocycles. The molecule has 1 atom stereocenters. The molecule has 1 unspecified atom stereocenters. The van der Waals surface area contributed by atoms with Crippen LogP contribution in [0.15, 0.2) is 15.9 Å². The van der Waals surface area contributed by atoms with E-state index < -0.39 is 0 Å². The summed E-state index contributed by atoms with van der Waals surface area (Å²) in [5.74, 6) is 1.83. The molecular formula is C15H22BrNS. The normalized spacial score (nSPS) is 22.5. The summed E-state index contributed by atoms with van der Waals surface area (Å²) in [6.45, 7) is 1.24. The molecule has 1 aromatic heterocycles. The molecule has 1 N–H and O–H groups in total. The first kappa shape index (κ1) is 13.1. The van der Waals surface area contributed by atoms with Crippen LogP contribution in [0.1, 0.15) is 43.4 Å². The van der Waals surface area contributed by atoms with Gasteiger partial charge >= 0.3 is 0 Å². The van der Waals surface area contributed by atoms with Crippen molar-refractivity contribution >= 4 is 27.3 Å². The Bertz CT molecular complexity index is 380. The maximum Gasteiger partial charge on any atom is 0.0701 e. The van der Waals surface area contributed by atoms with E-state index in [1.807, 2.05) is 11.3 Å². The molecule has 2 fully saturated rings. The van der Waals surface area contributed by atoms with E-state index in [2.05, 4.69) is 33.4 Å². The van der Waals surface area contributed by atoms with Crippen LogP contribution in [-0.2, 0) is 6.42 Å². The Hall–Kier alpha value is 0.140. The third-order valence-corrected chi connectivity index (χ3v) is 6.05. The van der Waals surface area contributed by atoms with Gasteiger partial charge in [-0.3, -0.25) is 0 Å². The molecule has 100 valence electrons. The second-order valence-corrected chi connectivity index (χ2v) is 8.44. The van der Waals surface area contributed by atoms with Crippen LogP contribution in [0.2, 0.25) is 0 Å². The molecule has 3 heteroatoms. The van der Waals surface area contributed by atoms with E-state index in [4.69, 9.17) is 0 Å². The quantitative estimate of drug-likeness (QED) is 0.804. The Kier molecular flexibility index (Phi) is 4.42. The molecule has 0 bridgehead atoms. The lowest BCUT2D eigenvalue weighted by molar-refractivity contribution is 0.321. The maximum absolute atomic E-state index is 3.75. The van der Waals surface area contributed by atoms with Crippen molar-refractivity contribution in [1.82, 2.24) is 5.32 Å². The van der Waals surface area contributed by atoms with E-state index in [-0.39, 0.29) is 0 Å². The summed E-state index contributed by atoms with van der Waals surface area (Å²) in [6.07, 6.45) is 9.93. The van der Waals surface area contributed by atoms with Crippen molar-refractivity contribution in [1.29, 1.82) is 0 Å². The third-order valence-electron chi connectivity index (χ3n) is 4.40. The van der Waals surface area contributed by atoms with Crippen molar-refractivity contribution in [2.75, 3.05) is 6.54 Å². The highest BCUT2D eigenvalue weighted by atomic mass is 79.9. The topological polar surface area (TPSA) is 12.0 Å². The van der Waals surface area contributed by atoms with E-state index in [0.29, 0.717) is 0 Å². The Morgan fingerprint density at radius 1 is 1.22 bits per heavy atom. The van der Waals surface area contributed by atoms with Gasteiger partial charge in [0, 0.05) is 10.9 Å². The van der Waals surface area contributed by atoms with Crippen molar-refractivity contribution in [3.05, 3.63) is 20.8 Å². The lowest BCUT2D eigenvalue weighted by Gasteiger charge is -2.23. The molecule has 0 aromatic carbocycles. The van der Waals surface area contributed by atoms with Crippen molar-refractivity contribution in [2.24, 2.45) is 11.8 Å². The Balaban J connectivity index is 1.59. The zero-order chi connectivity index (χ0) is 12.4. The van der Waals surface area contributed by atoms with Gasteiger partial charge in [-0.2, -0.15) is 0 Å². The van der Waals surface area contributed by atoms with E-state index in [0.717, 1.165) is 17.9 Å². The van der Waals surface area contributed by atoms with Crippen LogP contribution < -0.4 is 5.32 Å². The average Bonchev–Trinajstić information content (AvgIpc) is 2.86. The van der Waals surface area contributed by atoms with Gasteiger partial charge in [-0.15, -0.1) is 11.3 Å². The van der Waals surface area contributed by atoms with E-state index in [9.17, 15) is 0 Å². The fraction of sp³-hybridized carbons (Fsp3) is 0.733. The average molecular weight is 328 g/mol. The molecule has 1 heterocycles. The highest BCUT2D eigenvalue weighted by molar-refractivity contribution is 9.11. The SMILES string of the molecule is Brc1ccc(CC(CNC2CC2)C2CCCC2)s1. The molecule has 18 heavy (non-hydrogen) atoms. The molecule has 2 saturated carbocycles. The fourth-order valence-electron chi connectivity index (χ4n) is 3.16. The number of nitrogens with one attached hydrogen (secondary N) is 1. The molecule has 1 aromatic rings. The molecule has 0 radical (unpaired) electrons. The van der Waals surface area contributed by atoms with Crippen LogP contribution in [0.3, 0.4) is 0 Å². The van der Waals surface area contributed by atoms with Crippen LogP contribution in [-0.4, -0.2) is 12.6 Å². The third kappa shape index (κ3) is 3.58. The molecule has 0 spiro atoms. The van der Waals surface area contributed by atoms with Crippen molar-refractivity contribution in [3.8, 4) is 0 Å². The standard InChI is InChI=1S/C15H22BrNS/c16-15-8-7-14(18-15)9-12(10-17-13-5-6-13)11-3-1-2-4-11/h7-8,11-13,17H,1-6,9-10H2. The molecule has 2 aliphatic carbocycles. The number of hydrogen-bond donors (Lipinski definition) is 1. The van der Waals surface area contributed by atoms with Crippen molar-refractivity contribution in [2.45, 2.75) is 51.0 Å². The van der Waals surface area contributed by atoms with Crippen molar-refractivity contribution in [3.63, 3.8) is 0 Å². The maximum atomic E-state index is 3.75. The van der Waals surface area contributed by atoms with E-state index >= 15 is 0 Å². The largest absolute Gasteiger partial charge is 0.314 e. The van der Waals surface area contributed by atoms with Gasteiger partial charge in [0.1, 0.15) is 0 Å². The van der Waals surface area contributed by atoms with Gasteiger partial charge in [0.25, 0.3) is 0 Å². The summed E-state index contributed by atoms with van der Waals surface area (Å²) in [5, 5.41) is 3.75. The predicted molar refractivity (Wildman–Crippen MR) is 82.2 cm³/mol. The minimum atomic E-state index is 0.851. The zero-order valence-electron chi connectivity index (χ0n) is 10.8. The van der Waals surface area contributed by atoms with Crippen LogP contribution in [0.25, 0.3) is 0 Å². The summed E-state index contributed by atoms with van der Waals surface area (Å²) < 4.78 is 1.28. The lowest BCUT2D eigenvalue weighted by Crippen LogP contribution is -2.30. The van der Waals surface area contributed by atoms with Gasteiger partial charge in [-0.05, 0) is 65.7 Å². The van der Waals surface area contributed by atoms with Crippen LogP contribution in [0.4, 0.5) is 0 Å². The van der Waals surface area contributed by atoms with Crippen LogP contribution in [0, 0.1) is 11.8 Å². The van der Waals surface area contributed by atoms with Gasteiger partial charge < -0.3 is 5.32 Å². The Labute approximate surface area is 122 Å². The number of thiophene rings is 1. The summed E-state index contributed by atoms with van der Waals surface area (Å²) in [7, 11) is 0. The molecule has 2 aliphatic rings. The monoisotopic (exact) mass is 327 g/mol. The zero-order valence-corrected chi connectivity index (χ0v) is 13.2. The summed E-state index contributed by atoms with van der Waals surface area (Å²) in [4.78, 5) is 1.55. The molecule has 1 nitrogen and oxygen atoms in total. The number of hydrogen-bond acceptors (Lipinski definition) is 2. The first-order valence-electron chi connectivity index (χ1n) is 7.29. The summed E-state index contributed by atoms with van der Waals surface area (Å²) >= 11 is 5.49. The van der Waals surface area contributed by atoms with Gasteiger partial charge in [0.2, 0.25) is 0 Å². The highest BCUT2D eigenvalue weighted by Gasteiger charge is 2.28. The second kappa shape index (κ2) is 6.06. The Morgan fingerprint density at radius 3 is 2.61 bits per heavy atom. The smallest absolute Gasteiger partial charge is 0.0701 e. The first-order valence-corrected chi connectivity index (χ1v) is 8.90. The number of halogens is 1. The fourth-order valence-corrected chi connectivity index (χ4v) is 4.74. The Morgan fingerprint density at radius 2 is 2.00 bits per heavy atom. The molecule has 0 amide bonds. The van der Waals surface area contributed by atoms with Gasteiger partial charge in [0.15, 0.2) is 0 Å². The second-order valence-electron chi connectivity index (χ2n) is 5.90. The minimum Gasteiger partial charge on any atom is -0.314 e. The molecular weight excluding hydrogens is 306 g/mol. The van der Waals surface area contributed by atoms with Crippen molar-refractivity contribution < 1.29 is 0 Å². The van der Waals surface area contributed by atoms with Gasteiger partial charge in [-0.1, -0.05) is 25.7 Å². The van der Waals surface area contributed by atoms with Crippen LogP contribution >= 0.6 is 27.3 Å². The van der Waals surface area contributed by atoms with E-state index in [1.165, 1.54) is 55.3 Å². The summed E-state index contributed by atoms with van der Waals surface area (Å²) in [5.41, 5.74) is 0. The van der Waals surface area contributed by atoms with Crippen LogP contribution in [0.5, 0.6) is 0 Å². The number of rotatable bonds is 6. The highest BCUT2D eigenvalue weighted by Crippen LogP contribution is 2.35. The van der Waals surface area contributed by atoms with Gasteiger partial charge in [-0.25, -0.2) is 0 Å². The summed E-state index contributed by atoms with van der Waals surface area (Å²) in [6, 6.07) is 5.34. The van der Waals surface area contributed by atoms with E-state index in [1.54, 1.807) is 4.88 Å². The lowest BCUT2D eigenvalue weighted by atomic mass is 9.87. The predicted octanol–water partition coefficient (Wildman–Crippen LogP) is 4.61. The first-order chi connectivity index (χ1) is 8.81.